The Hall–Kier alpha value is -1.75. The molecule has 1 saturated heterocycles. The number of nitrogens with one attached hydrogen (secondary N) is 2. The van der Waals surface area contributed by atoms with Gasteiger partial charge in [-0.15, -0.1) is 0 Å². The number of nitrogens with zero attached hydrogens (tertiary/aromatic N) is 1. The first kappa shape index (κ1) is 15.2. The van der Waals surface area contributed by atoms with Crippen LogP contribution in [-0.4, -0.2) is 38.4 Å². The van der Waals surface area contributed by atoms with Crippen LogP contribution < -0.4 is 15.4 Å². The average Bonchev–Trinajstić information content (AvgIpc) is 3.15. The third-order valence-electron chi connectivity index (χ3n) is 4.07. The van der Waals surface area contributed by atoms with Crippen LogP contribution in [0.3, 0.4) is 0 Å². The van der Waals surface area contributed by atoms with E-state index in [0.717, 1.165) is 56.6 Å². The van der Waals surface area contributed by atoms with E-state index < -0.39 is 0 Å². The molecule has 5 heteroatoms. The minimum absolute atomic E-state index is 0.415. The van der Waals surface area contributed by atoms with Crippen molar-refractivity contribution in [3.8, 4) is 5.75 Å². The summed E-state index contributed by atoms with van der Waals surface area (Å²) in [5, 5.41) is 6.66. The summed E-state index contributed by atoms with van der Waals surface area (Å²) in [6.07, 6.45) is 1.10. The fourth-order valence-corrected chi connectivity index (χ4v) is 2.70. The maximum Gasteiger partial charge on any atom is 0.191 e. The van der Waals surface area contributed by atoms with E-state index in [1.807, 2.05) is 0 Å². The molecule has 22 heavy (non-hydrogen) atoms. The highest BCUT2D eigenvalue weighted by Gasteiger charge is 2.17. The van der Waals surface area contributed by atoms with E-state index in [2.05, 4.69) is 47.7 Å². The summed E-state index contributed by atoms with van der Waals surface area (Å²) in [7, 11) is 0. The van der Waals surface area contributed by atoms with Gasteiger partial charge in [0, 0.05) is 30.7 Å². The predicted molar refractivity (Wildman–Crippen MR) is 87.3 cm³/mol. The van der Waals surface area contributed by atoms with Gasteiger partial charge in [-0.05, 0) is 31.9 Å². The minimum atomic E-state index is 0.415. The zero-order valence-corrected chi connectivity index (χ0v) is 13.4. The summed E-state index contributed by atoms with van der Waals surface area (Å²) >= 11 is 0. The molecule has 120 valence electrons. The summed E-state index contributed by atoms with van der Waals surface area (Å²) in [6, 6.07) is 6.77. The van der Waals surface area contributed by atoms with Crippen molar-refractivity contribution in [2.75, 3.05) is 26.4 Å². The quantitative estimate of drug-likeness (QED) is 0.871. The molecule has 2 aliphatic heterocycles. The molecular weight excluding hydrogens is 278 g/mol. The summed E-state index contributed by atoms with van der Waals surface area (Å²) in [6.45, 7) is 8.18. The van der Waals surface area contributed by atoms with Crippen LogP contribution in [0.1, 0.15) is 24.5 Å². The van der Waals surface area contributed by atoms with Crippen molar-refractivity contribution < 1.29 is 9.47 Å². The Morgan fingerprint density at radius 1 is 1.45 bits per heavy atom. The van der Waals surface area contributed by atoms with Crippen LogP contribution in [0, 0.1) is 12.8 Å². The van der Waals surface area contributed by atoms with Gasteiger partial charge in [-0.2, -0.15) is 0 Å². The number of hydrogen-bond acceptors (Lipinski definition) is 5. The van der Waals surface area contributed by atoms with Crippen LogP contribution in [0.25, 0.3) is 0 Å². The number of hydrogen-bond donors (Lipinski definition) is 2. The van der Waals surface area contributed by atoms with Gasteiger partial charge < -0.3 is 20.1 Å². The molecule has 3 rings (SSSR count). The lowest BCUT2D eigenvalue weighted by Gasteiger charge is -2.16. The van der Waals surface area contributed by atoms with E-state index in [9.17, 15) is 0 Å². The molecule has 0 aromatic heterocycles. The number of aliphatic imine (C=N–C) groups is 1. The minimum Gasteiger partial charge on any atom is -0.493 e. The molecule has 2 N–H and O–H groups in total. The number of benzene rings is 1. The first-order chi connectivity index (χ1) is 10.7. The van der Waals surface area contributed by atoms with Crippen molar-refractivity contribution in [2.45, 2.75) is 32.9 Å². The van der Waals surface area contributed by atoms with Gasteiger partial charge in [0.05, 0.1) is 19.8 Å². The van der Waals surface area contributed by atoms with E-state index in [1.165, 1.54) is 5.56 Å². The van der Waals surface area contributed by atoms with E-state index in [0.29, 0.717) is 12.0 Å². The largest absolute Gasteiger partial charge is 0.493 e. The van der Waals surface area contributed by atoms with Gasteiger partial charge in [-0.25, -0.2) is 0 Å². The zero-order valence-electron chi connectivity index (χ0n) is 13.4. The van der Waals surface area contributed by atoms with Crippen LogP contribution >= 0.6 is 0 Å². The second kappa shape index (κ2) is 7.01. The van der Waals surface area contributed by atoms with E-state index in [1.54, 1.807) is 0 Å². The fourth-order valence-electron chi connectivity index (χ4n) is 2.70. The Morgan fingerprint density at radius 2 is 2.36 bits per heavy atom. The monoisotopic (exact) mass is 303 g/mol. The lowest BCUT2D eigenvalue weighted by Crippen LogP contribution is -2.37. The Kier molecular flexibility index (Phi) is 4.83. The first-order valence-corrected chi connectivity index (χ1v) is 8.05. The lowest BCUT2D eigenvalue weighted by molar-refractivity contribution is 0.166. The number of guanidine groups is 1. The Morgan fingerprint density at radius 3 is 3.09 bits per heavy atom. The molecule has 0 aliphatic carbocycles. The van der Waals surface area contributed by atoms with Crippen LogP contribution in [-0.2, 0) is 11.3 Å². The SMILES string of the molecule is Cc1ccc(CNC2=NCC(C)N2)c(OCC2CCOC2)c1. The second-order valence-electron chi connectivity index (χ2n) is 6.24. The average molecular weight is 303 g/mol. The molecule has 2 aliphatic rings. The third-order valence-corrected chi connectivity index (χ3v) is 4.07. The molecule has 0 saturated carbocycles. The van der Waals surface area contributed by atoms with Gasteiger partial charge in [-0.1, -0.05) is 12.1 Å². The topological polar surface area (TPSA) is 54.9 Å². The molecule has 5 nitrogen and oxygen atoms in total. The molecule has 2 heterocycles. The van der Waals surface area contributed by atoms with E-state index >= 15 is 0 Å². The van der Waals surface area contributed by atoms with Gasteiger partial charge in [0.25, 0.3) is 0 Å². The standard InChI is InChI=1S/C17H25N3O2/c1-12-3-4-15(9-19-17-18-8-13(2)20-17)16(7-12)22-11-14-5-6-21-10-14/h3-4,7,13-14H,5-6,8-11H2,1-2H3,(H2,18,19,20). The summed E-state index contributed by atoms with van der Waals surface area (Å²) in [5.41, 5.74) is 2.37. The molecule has 0 radical (unpaired) electrons. The van der Waals surface area contributed by atoms with Gasteiger partial charge >= 0.3 is 0 Å². The molecule has 2 unspecified atom stereocenters. The molecule has 1 fully saturated rings. The molecule has 2 atom stereocenters. The highest BCUT2D eigenvalue weighted by Crippen LogP contribution is 2.22. The predicted octanol–water partition coefficient (Wildman–Crippen LogP) is 1.85. The summed E-state index contributed by atoms with van der Waals surface area (Å²) in [5.74, 6) is 2.36. The van der Waals surface area contributed by atoms with E-state index in [4.69, 9.17) is 9.47 Å². The third kappa shape index (κ3) is 3.91. The van der Waals surface area contributed by atoms with Gasteiger partial charge in [0.2, 0.25) is 0 Å². The highest BCUT2D eigenvalue weighted by molar-refractivity contribution is 5.81. The Bertz CT molecular complexity index is 539. The van der Waals surface area contributed by atoms with Crippen LogP contribution in [0.5, 0.6) is 5.75 Å². The van der Waals surface area contributed by atoms with Crippen molar-refractivity contribution in [3.63, 3.8) is 0 Å². The Labute approximate surface area is 132 Å². The lowest BCUT2D eigenvalue weighted by atomic mass is 10.1. The van der Waals surface area contributed by atoms with Crippen LogP contribution in [0.2, 0.25) is 0 Å². The number of rotatable bonds is 5. The van der Waals surface area contributed by atoms with Gasteiger partial charge in [0.15, 0.2) is 5.96 Å². The smallest absolute Gasteiger partial charge is 0.191 e. The van der Waals surface area contributed by atoms with Crippen LogP contribution in [0.4, 0.5) is 0 Å². The fraction of sp³-hybridized carbons (Fsp3) is 0.588. The maximum absolute atomic E-state index is 6.06. The van der Waals surface area contributed by atoms with Crippen molar-refractivity contribution >= 4 is 5.96 Å². The Balaban J connectivity index is 1.59. The van der Waals surface area contributed by atoms with Crippen LogP contribution in [0.15, 0.2) is 23.2 Å². The molecule has 0 bridgehead atoms. The second-order valence-corrected chi connectivity index (χ2v) is 6.24. The molecule has 1 aromatic carbocycles. The molecular formula is C17H25N3O2. The molecule has 0 spiro atoms. The van der Waals surface area contributed by atoms with Gasteiger partial charge in [-0.3, -0.25) is 4.99 Å². The van der Waals surface area contributed by atoms with Crippen molar-refractivity contribution in [1.82, 2.24) is 10.6 Å². The molecule has 0 amide bonds. The number of aryl methyl sites for hydroxylation is 1. The van der Waals surface area contributed by atoms with Gasteiger partial charge in [0.1, 0.15) is 5.75 Å². The number of ether oxygens (including phenoxy) is 2. The normalized spacial score (nSPS) is 24.0. The van der Waals surface area contributed by atoms with Crippen molar-refractivity contribution in [1.29, 1.82) is 0 Å². The summed E-state index contributed by atoms with van der Waals surface area (Å²) < 4.78 is 11.5. The molecule has 1 aromatic rings. The van der Waals surface area contributed by atoms with E-state index in [-0.39, 0.29) is 0 Å². The first-order valence-electron chi connectivity index (χ1n) is 8.05. The summed E-state index contributed by atoms with van der Waals surface area (Å²) in [4.78, 5) is 4.43. The maximum atomic E-state index is 6.06. The van der Waals surface area contributed by atoms with Crippen molar-refractivity contribution in [2.24, 2.45) is 10.9 Å². The zero-order chi connectivity index (χ0) is 15.4. The highest BCUT2D eigenvalue weighted by atomic mass is 16.5. The van der Waals surface area contributed by atoms with Crippen molar-refractivity contribution in [3.05, 3.63) is 29.3 Å².